The molecule has 176 valence electrons. The molecule has 0 aromatic heterocycles. The van der Waals surface area contributed by atoms with Crippen LogP contribution >= 0.6 is 0 Å². The number of hydrogen-bond donors (Lipinski definition) is 1. The van der Waals surface area contributed by atoms with Gasteiger partial charge in [-0.2, -0.15) is 4.31 Å². The van der Waals surface area contributed by atoms with Gasteiger partial charge in [-0.1, -0.05) is 18.9 Å². The van der Waals surface area contributed by atoms with Gasteiger partial charge in [0.05, 0.1) is 4.90 Å². The van der Waals surface area contributed by atoms with Crippen LogP contribution in [0.2, 0.25) is 0 Å². The maximum atomic E-state index is 13.0. The first-order valence-corrected chi connectivity index (χ1v) is 12.7. The van der Waals surface area contributed by atoms with E-state index in [9.17, 15) is 18.0 Å². The highest BCUT2D eigenvalue weighted by Crippen LogP contribution is 2.31. The van der Waals surface area contributed by atoms with Crippen LogP contribution in [0.15, 0.2) is 47.4 Å². The molecule has 4 rings (SSSR count). The predicted molar refractivity (Wildman–Crippen MR) is 123 cm³/mol. The van der Waals surface area contributed by atoms with Gasteiger partial charge < -0.3 is 14.8 Å². The van der Waals surface area contributed by atoms with E-state index in [0.717, 1.165) is 25.7 Å². The van der Waals surface area contributed by atoms with Gasteiger partial charge in [-0.3, -0.25) is 9.59 Å². The molecule has 0 bridgehead atoms. The second-order valence-corrected chi connectivity index (χ2v) is 10.1. The zero-order valence-electron chi connectivity index (χ0n) is 18.4. The normalized spacial score (nSPS) is 16.6. The third kappa shape index (κ3) is 5.72. The minimum absolute atomic E-state index is 0.0175. The summed E-state index contributed by atoms with van der Waals surface area (Å²) in [5.74, 6) is 0.592. The standard InChI is InChI=1S/C24H28N2O6S/c27-21(18-8-10-22-23(16-18)32-15-14-31-22)9-11-24(28)25-19-6-5-7-20(17-19)33(29,30)26-12-3-1-2-4-13-26/h5-8,10,16-17H,1-4,9,11-15H2,(H,25,28). The number of rotatable bonds is 7. The van der Waals surface area contributed by atoms with E-state index in [4.69, 9.17) is 9.47 Å². The summed E-state index contributed by atoms with van der Waals surface area (Å²) in [5, 5.41) is 2.71. The van der Waals surface area contributed by atoms with Crippen molar-refractivity contribution in [3.63, 3.8) is 0 Å². The highest BCUT2D eigenvalue weighted by Gasteiger charge is 2.25. The Morgan fingerprint density at radius 2 is 1.61 bits per heavy atom. The van der Waals surface area contributed by atoms with E-state index in [2.05, 4.69) is 5.32 Å². The molecule has 1 saturated heterocycles. The average molecular weight is 473 g/mol. The van der Waals surface area contributed by atoms with Crippen LogP contribution in [-0.2, 0) is 14.8 Å². The zero-order valence-corrected chi connectivity index (χ0v) is 19.2. The first-order valence-electron chi connectivity index (χ1n) is 11.3. The third-order valence-corrected chi connectivity index (χ3v) is 7.66. The molecule has 1 amide bonds. The summed E-state index contributed by atoms with van der Waals surface area (Å²) in [6.07, 6.45) is 3.79. The first kappa shape index (κ1) is 23.3. The smallest absolute Gasteiger partial charge is 0.243 e. The fraction of sp³-hybridized carbons (Fsp3) is 0.417. The largest absolute Gasteiger partial charge is 0.486 e. The number of hydrogen-bond acceptors (Lipinski definition) is 6. The molecule has 0 aliphatic carbocycles. The molecule has 0 unspecified atom stereocenters. The van der Waals surface area contributed by atoms with Gasteiger partial charge in [-0.05, 0) is 49.2 Å². The van der Waals surface area contributed by atoms with Crippen LogP contribution in [-0.4, -0.2) is 50.7 Å². The molecule has 2 aliphatic heterocycles. The monoisotopic (exact) mass is 472 g/mol. The van der Waals surface area contributed by atoms with E-state index in [1.54, 1.807) is 36.4 Å². The Labute approximate surface area is 193 Å². The summed E-state index contributed by atoms with van der Waals surface area (Å²) in [6, 6.07) is 11.2. The maximum Gasteiger partial charge on any atom is 0.243 e. The molecule has 2 aromatic rings. The van der Waals surface area contributed by atoms with Crippen molar-refractivity contribution in [1.82, 2.24) is 4.31 Å². The molecule has 9 heteroatoms. The second kappa shape index (κ2) is 10.4. The number of sulfonamides is 1. The number of anilines is 1. The van der Waals surface area contributed by atoms with Gasteiger partial charge in [0.1, 0.15) is 13.2 Å². The minimum Gasteiger partial charge on any atom is -0.486 e. The van der Waals surface area contributed by atoms with E-state index < -0.39 is 10.0 Å². The van der Waals surface area contributed by atoms with Crippen molar-refractivity contribution >= 4 is 27.4 Å². The first-order chi connectivity index (χ1) is 15.9. The van der Waals surface area contributed by atoms with E-state index in [1.165, 1.54) is 10.4 Å². The fourth-order valence-corrected chi connectivity index (χ4v) is 5.54. The van der Waals surface area contributed by atoms with Gasteiger partial charge in [0.2, 0.25) is 15.9 Å². The van der Waals surface area contributed by atoms with Crippen molar-refractivity contribution in [2.24, 2.45) is 0 Å². The number of ketones is 1. The molecule has 2 aliphatic rings. The molecule has 2 aromatic carbocycles. The third-order valence-electron chi connectivity index (χ3n) is 5.76. The summed E-state index contributed by atoms with van der Waals surface area (Å²) < 4.78 is 38.5. The van der Waals surface area contributed by atoms with Crippen molar-refractivity contribution in [1.29, 1.82) is 0 Å². The van der Waals surface area contributed by atoms with E-state index >= 15 is 0 Å². The number of fused-ring (bicyclic) bond motifs is 1. The van der Waals surface area contributed by atoms with Crippen LogP contribution in [0.1, 0.15) is 48.9 Å². The summed E-state index contributed by atoms with van der Waals surface area (Å²) in [5.41, 5.74) is 0.847. The molecular formula is C24H28N2O6S. The number of amides is 1. The molecule has 1 N–H and O–H groups in total. The molecule has 0 spiro atoms. The molecule has 0 atom stereocenters. The lowest BCUT2D eigenvalue weighted by atomic mass is 10.1. The SMILES string of the molecule is O=C(CCC(=O)c1ccc2c(c1)OCCO2)Nc1cccc(S(=O)(=O)N2CCCCCC2)c1. The van der Waals surface area contributed by atoms with Gasteiger partial charge in [0.25, 0.3) is 0 Å². The number of Topliss-reactive ketones (excluding diaryl/α,β-unsaturated/α-hetero) is 1. The van der Waals surface area contributed by atoms with E-state index in [1.807, 2.05) is 0 Å². The van der Waals surface area contributed by atoms with Crippen LogP contribution in [0.3, 0.4) is 0 Å². The lowest BCUT2D eigenvalue weighted by Crippen LogP contribution is -2.32. The molecule has 2 heterocycles. The Balaban J connectivity index is 1.35. The fourth-order valence-electron chi connectivity index (χ4n) is 3.98. The quantitative estimate of drug-likeness (QED) is 0.618. The second-order valence-electron chi connectivity index (χ2n) is 8.18. The van der Waals surface area contributed by atoms with Gasteiger partial charge >= 0.3 is 0 Å². The molecule has 1 fully saturated rings. The Bertz CT molecular complexity index is 1120. The number of carbonyl (C=O) groups excluding carboxylic acids is 2. The Morgan fingerprint density at radius 1 is 0.879 bits per heavy atom. The molecular weight excluding hydrogens is 444 g/mol. The molecule has 8 nitrogen and oxygen atoms in total. The van der Waals surface area contributed by atoms with Crippen molar-refractivity contribution < 1.29 is 27.5 Å². The van der Waals surface area contributed by atoms with Crippen LogP contribution in [0.5, 0.6) is 11.5 Å². The van der Waals surface area contributed by atoms with Crippen LogP contribution in [0, 0.1) is 0 Å². The Morgan fingerprint density at radius 3 is 2.36 bits per heavy atom. The highest BCUT2D eigenvalue weighted by atomic mass is 32.2. The van der Waals surface area contributed by atoms with Gasteiger partial charge in [-0.25, -0.2) is 8.42 Å². The van der Waals surface area contributed by atoms with Crippen molar-refractivity contribution in [3.8, 4) is 11.5 Å². The van der Waals surface area contributed by atoms with Crippen molar-refractivity contribution in [2.45, 2.75) is 43.4 Å². The topological polar surface area (TPSA) is 102 Å². The summed E-state index contributed by atoms with van der Waals surface area (Å²) in [6.45, 7) is 1.93. The van der Waals surface area contributed by atoms with Crippen LogP contribution < -0.4 is 14.8 Å². The average Bonchev–Trinajstić information content (AvgIpc) is 3.13. The van der Waals surface area contributed by atoms with Crippen LogP contribution in [0.4, 0.5) is 5.69 Å². The number of nitrogens with zero attached hydrogens (tertiary/aromatic N) is 1. The van der Waals surface area contributed by atoms with E-state index in [-0.39, 0.29) is 29.4 Å². The summed E-state index contributed by atoms with van der Waals surface area (Å²) >= 11 is 0. The zero-order chi connectivity index (χ0) is 23.3. The Hall–Kier alpha value is -2.91. The van der Waals surface area contributed by atoms with Crippen molar-refractivity contribution in [3.05, 3.63) is 48.0 Å². The van der Waals surface area contributed by atoms with Gasteiger partial charge in [0.15, 0.2) is 17.3 Å². The lowest BCUT2D eigenvalue weighted by Gasteiger charge is -2.20. The molecule has 33 heavy (non-hydrogen) atoms. The molecule has 0 saturated carbocycles. The highest BCUT2D eigenvalue weighted by molar-refractivity contribution is 7.89. The maximum absolute atomic E-state index is 13.0. The lowest BCUT2D eigenvalue weighted by molar-refractivity contribution is -0.116. The number of carbonyl (C=O) groups is 2. The molecule has 0 radical (unpaired) electrons. The predicted octanol–water partition coefficient (Wildman–Crippen LogP) is 3.62. The number of ether oxygens (including phenoxy) is 2. The Kier molecular flexibility index (Phi) is 7.29. The van der Waals surface area contributed by atoms with E-state index in [0.29, 0.717) is 49.1 Å². The van der Waals surface area contributed by atoms with Crippen LogP contribution in [0.25, 0.3) is 0 Å². The van der Waals surface area contributed by atoms with Crippen molar-refractivity contribution in [2.75, 3.05) is 31.6 Å². The van der Waals surface area contributed by atoms with Gasteiger partial charge in [0, 0.05) is 37.2 Å². The minimum atomic E-state index is -3.61. The van der Waals surface area contributed by atoms with Gasteiger partial charge in [-0.15, -0.1) is 0 Å². The number of nitrogens with one attached hydrogen (secondary N) is 1. The summed E-state index contributed by atoms with van der Waals surface area (Å²) in [7, 11) is -3.61. The summed E-state index contributed by atoms with van der Waals surface area (Å²) in [4.78, 5) is 25.1. The number of benzene rings is 2.